The second-order valence-electron chi connectivity index (χ2n) is 4.76. The number of hydrogen-bond acceptors (Lipinski definition) is 3. The Morgan fingerprint density at radius 2 is 2.06 bits per heavy atom. The summed E-state index contributed by atoms with van der Waals surface area (Å²) in [6.45, 7) is 3.02. The summed E-state index contributed by atoms with van der Waals surface area (Å²) < 4.78 is 26.7. The molecule has 1 unspecified atom stereocenters. The zero-order valence-electron chi connectivity index (χ0n) is 10.9. The van der Waals surface area contributed by atoms with Gasteiger partial charge in [0, 0.05) is 19.1 Å². The fourth-order valence-electron chi connectivity index (χ4n) is 2.38. The smallest absolute Gasteiger partial charge is 0.243 e. The van der Waals surface area contributed by atoms with E-state index in [9.17, 15) is 8.42 Å². The second-order valence-corrected chi connectivity index (χ2v) is 6.66. The number of aryl methyl sites for hydroxylation is 1. The van der Waals surface area contributed by atoms with Crippen molar-refractivity contribution in [3.63, 3.8) is 0 Å². The molecule has 1 aliphatic rings. The number of nitrogens with one attached hydrogen (secondary N) is 1. The van der Waals surface area contributed by atoms with Gasteiger partial charge in [-0.05, 0) is 38.4 Å². The Morgan fingerprint density at radius 3 is 2.72 bits per heavy atom. The zero-order chi connectivity index (χ0) is 13.2. The molecule has 0 radical (unpaired) electrons. The normalized spacial score (nSPS) is 22.0. The van der Waals surface area contributed by atoms with Crippen molar-refractivity contribution >= 4 is 10.0 Å². The summed E-state index contributed by atoms with van der Waals surface area (Å²) in [6.07, 6.45) is 1.95. The first-order chi connectivity index (χ1) is 8.55. The number of sulfonamides is 1. The van der Waals surface area contributed by atoms with E-state index in [0.29, 0.717) is 18.0 Å². The summed E-state index contributed by atoms with van der Waals surface area (Å²) in [6, 6.07) is 7.43. The first-order valence-corrected chi connectivity index (χ1v) is 7.73. The van der Waals surface area contributed by atoms with Crippen LogP contribution >= 0.6 is 0 Å². The molecule has 1 atom stereocenters. The molecule has 0 saturated carbocycles. The van der Waals surface area contributed by atoms with Crippen LogP contribution in [0.5, 0.6) is 0 Å². The fraction of sp³-hybridized carbons (Fsp3) is 0.538. The van der Waals surface area contributed by atoms with Crippen LogP contribution < -0.4 is 5.32 Å². The van der Waals surface area contributed by atoms with Crippen LogP contribution in [0.3, 0.4) is 0 Å². The summed E-state index contributed by atoms with van der Waals surface area (Å²) in [5.74, 6) is 0. The van der Waals surface area contributed by atoms with Gasteiger partial charge in [-0.2, -0.15) is 4.31 Å². The van der Waals surface area contributed by atoms with Gasteiger partial charge in [0.25, 0.3) is 0 Å². The lowest BCUT2D eigenvalue weighted by atomic mass is 10.1. The molecule has 100 valence electrons. The van der Waals surface area contributed by atoms with E-state index < -0.39 is 10.0 Å². The highest BCUT2D eigenvalue weighted by Crippen LogP contribution is 2.22. The lowest BCUT2D eigenvalue weighted by Crippen LogP contribution is -2.46. The minimum Gasteiger partial charge on any atom is -0.316 e. The van der Waals surface area contributed by atoms with Gasteiger partial charge in [0.2, 0.25) is 10.0 Å². The van der Waals surface area contributed by atoms with E-state index in [1.165, 1.54) is 0 Å². The van der Waals surface area contributed by atoms with Crippen LogP contribution in [0, 0.1) is 6.92 Å². The van der Waals surface area contributed by atoms with Crippen LogP contribution in [-0.4, -0.2) is 38.9 Å². The van der Waals surface area contributed by atoms with Gasteiger partial charge in [-0.3, -0.25) is 0 Å². The molecule has 1 fully saturated rings. The van der Waals surface area contributed by atoms with Crippen LogP contribution in [0.4, 0.5) is 0 Å². The van der Waals surface area contributed by atoms with Gasteiger partial charge in [-0.1, -0.05) is 18.2 Å². The highest BCUT2D eigenvalue weighted by molar-refractivity contribution is 7.89. The summed E-state index contributed by atoms with van der Waals surface area (Å²) in [7, 11) is -1.46. The molecule has 18 heavy (non-hydrogen) atoms. The Labute approximate surface area is 109 Å². The van der Waals surface area contributed by atoms with Crippen molar-refractivity contribution in [2.75, 3.05) is 20.1 Å². The predicted octanol–water partition coefficient (Wildman–Crippen LogP) is 1.37. The molecule has 2 rings (SSSR count). The van der Waals surface area contributed by atoms with E-state index in [-0.39, 0.29) is 6.04 Å². The van der Waals surface area contributed by atoms with Crippen molar-refractivity contribution in [3.8, 4) is 0 Å². The average molecular weight is 268 g/mol. The molecule has 1 aromatic carbocycles. The molecular formula is C13H20N2O2S. The quantitative estimate of drug-likeness (QED) is 0.900. The minimum atomic E-state index is -3.34. The molecule has 0 amide bonds. The van der Waals surface area contributed by atoms with Crippen molar-refractivity contribution in [2.24, 2.45) is 0 Å². The Kier molecular flexibility index (Phi) is 4.04. The maximum Gasteiger partial charge on any atom is 0.243 e. The lowest BCUT2D eigenvalue weighted by Gasteiger charge is -2.32. The Bertz CT molecular complexity index is 513. The van der Waals surface area contributed by atoms with E-state index in [1.807, 2.05) is 26.1 Å². The number of nitrogens with zero attached hydrogens (tertiary/aromatic N) is 1. The monoisotopic (exact) mass is 268 g/mol. The van der Waals surface area contributed by atoms with Crippen LogP contribution in [0.1, 0.15) is 18.4 Å². The maximum atomic E-state index is 12.6. The minimum absolute atomic E-state index is 0.262. The Morgan fingerprint density at radius 1 is 1.33 bits per heavy atom. The summed E-state index contributed by atoms with van der Waals surface area (Å²) in [4.78, 5) is 0.432. The van der Waals surface area contributed by atoms with E-state index in [2.05, 4.69) is 5.32 Å². The van der Waals surface area contributed by atoms with Crippen LogP contribution in [0.15, 0.2) is 29.2 Å². The Hall–Kier alpha value is -0.910. The third-order valence-corrected chi connectivity index (χ3v) is 5.53. The van der Waals surface area contributed by atoms with Gasteiger partial charge in [0.05, 0.1) is 4.90 Å². The van der Waals surface area contributed by atoms with Crippen molar-refractivity contribution in [3.05, 3.63) is 29.8 Å². The molecule has 1 aliphatic heterocycles. The first kappa shape index (κ1) is 13.5. The maximum absolute atomic E-state index is 12.6. The molecule has 5 heteroatoms. The van der Waals surface area contributed by atoms with Gasteiger partial charge >= 0.3 is 0 Å². The second kappa shape index (κ2) is 5.38. The van der Waals surface area contributed by atoms with Crippen molar-refractivity contribution in [1.29, 1.82) is 0 Å². The van der Waals surface area contributed by atoms with E-state index in [4.69, 9.17) is 0 Å². The lowest BCUT2D eigenvalue weighted by molar-refractivity contribution is 0.292. The Balaban J connectivity index is 2.29. The zero-order valence-corrected chi connectivity index (χ0v) is 11.7. The molecule has 1 heterocycles. The molecule has 0 aliphatic carbocycles. The number of rotatable bonds is 3. The molecule has 1 saturated heterocycles. The van der Waals surface area contributed by atoms with Crippen LogP contribution in [0.25, 0.3) is 0 Å². The summed E-state index contributed by atoms with van der Waals surface area (Å²) in [5, 5.41) is 3.17. The van der Waals surface area contributed by atoms with Gasteiger partial charge in [-0.25, -0.2) is 8.42 Å². The van der Waals surface area contributed by atoms with Gasteiger partial charge in [0.15, 0.2) is 0 Å². The van der Waals surface area contributed by atoms with Gasteiger partial charge in [-0.15, -0.1) is 0 Å². The largest absolute Gasteiger partial charge is 0.316 e. The van der Waals surface area contributed by atoms with E-state index >= 15 is 0 Å². The number of hydrogen-bond donors (Lipinski definition) is 1. The van der Waals surface area contributed by atoms with Crippen LogP contribution in [0.2, 0.25) is 0 Å². The van der Waals surface area contributed by atoms with E-state index in [1.54, 1.807) is 16.4 Å². The van der Waals surface area contributed by atoms with Crippen molar-refractivity contribution in [1.82, 2.24) is 9.62 Å². The van der Waals surface area contributed by atoms with Crippen molar-refractivity contribution in [2.45, 2.75) is 30.7 Å². The van der Waals surface area contributed by atoms with Gasteiger partial charge in [0.1, 0.15) is 0 Å². The molecule has 4 nitrogen and oxygen atoms in total. The third kappa shape index (κ3) is 2.58. The first-order valence-electron chi connectivity index (χ1n) is 6.29. The number of benzene rings is 1. The molecule has 0 aromatic heterocycles. The molecule has 0 bridgehead atoms. The SMILES string of the molecule is CNC1CCCN(S(=O)(=O)c2ccccc2C)C1. The number of likely N-dealkylation sites (N-methyl/N-ethyl adjacent to an activating group) is 1. The molecule has 1 aromatic rings. The van der Waals surface area contributed by atoms with Gasteiger partial charge < -0.3 is 5.32 Å². The van der Waals surface area contributed by atoms with E-state index in [0.717, 1.165) is 18.4 Å². The highest BCUT2D eigenvalue weighted by atomic mass is 32.2. The molecule has 1 N–H and O–H groups in total. The third-order valence-electron chi connectivity index (χ3n) is 3.50. The average Bonchev–Trinajstić information content (AvgIpc) is 2.39. The standard InChI is InChI=1S/C13H20N2O2S/c1-11-6-3-4-8-13(11)18(16,17)15-9-5-7-12(10-15)14-2/h3-4,6,8,12,14H,5,7,9-10H2,1-2H3. The van der Waals surface area contributed by atoms with Crippen molar-refractivity contribution < 1.29 is 8.42 Å². The fourth-order valence-corrected chi connectivity index (χ4v) is 4.13. The summed E-state index contributed by atoms with van der Waals surface area (Å²) >= 11 is 0. The number of piperidine rings is 1. The highest BCUT2D eigenvalue weighted by Gasteiger charge is 2.30. The molecule has 0 spiro atoms. The molecular weight excluding hydrogens is 248 g/mol. The van der Waals surface area contributed by atoms with Crippen LogP contribution in [-0.2, 0) is 10.0 Å². The summed E-state index contributed by atoms with van der Waals surface area (Å²) in [5.41, 5.74) is 0.809. The predicted molar refractivity (Wildman–Crippen MR) is 72.0 cm³/mol. The topological polar surface area (TPSA) is 49.4 Å².